The zero-order valence-corrected chi connectivity index (χ0v) is 22.7. The van der Waals surface area contributed by atoms with Gasteiger partial charge in [0.15, 0.2) is 0 Å². The second kappa shape index (κ2) is 16.8. The van der Waals surface area contributed by atoms with Crippen molar-refractivity contribution in [1.29, 1.82) is 0 Å². The quantitative estimate of drug-likeness (QED) is 0.203. The molecule has 6 N–H and O–H groups in total. The first-order valence-electron chi connectivity index (χ1n) is 13.2. The summed E-state index contributed by atoms with van der Waals surface area (Å²) >= 11 is 0. The molecule has 1 aliphatic heterocycles. The van der Waals surface area contributed by atoms with Crippen LogP contribution in [0.3, 0.4) is 0 Å². The van der Waals surface area contributed by atoms with E-state index in [1.54, 1.807) is 5.48 Å². The van der Waals surface area contributed by atoms with Gasteiger partial charge in [0.1, 0.15) is 12.1 Å². The summed E-state index contributed by atoms with van der Waals surface area (Å²) in [5.41, 5.74) is 1.65. The van der Waals surface area contributed by atoms with Crippen LogP contribution in [0.15, 0.2) is 0 Å². The third-order valence-electron chi connectivity index (χ3n) is 6.30. The van der Waals surface area contributed by atoms with E-state index in [9.17, 15) is 29.2 Å². The summed E-state index contributed by atoms with van der Waals surface area (Å²) in [4.78, 5) is 63.6. The molecule has 0 aromatic carbocycles. The number of hydroxylamine groups is 1. The lowest BCUT2D eigenvalue weighted by Crippen LogP contribution is -2.55. The number of hydrogen-bond donors (Lipinski definition) is 6. The second-order valence-corrected chi connectivity index (χ2v) is 10.4. The first-order valence-corrected chi connectivity index (χ1v) is 13.2. The van der Waals surface area contributed by atoms with Gasteiger partial charge in [-0.05, 0) is 56.8 Å². The van der Waals surface area contributed by atoms with E-state index in [1.165, 1.54) is 7.05 Å². The molecule has 1 fully saturated rings. The Labute approximate surface area is 219 Å². The van der Waals surface area contributed by atoms with Gasteiger partial charge in [-0.1, -0.05) is 27.7 Å². The summed E-state index contributed by atoms with van der Waals surface area (Å²) in [5, 5.41) is 20.1. The highest BCUT2D eigenvalue weighted by molar-refractivity contribution is 5.93. The summed E-state index contributed by atoms with van der Waals surface area (Å²) in [6.07, 6.45) is 1.99. The molecule has 0 unspecified atom stereocenters. The van der Waals surface area contributed by atoms with Crippen LogP contribution in [0, 0.1) is 23.7 Å². The number of nitrogens with one attached hydrogen (secondary N) is 5. The Hall–Kier alpha value is -2.89. The molecule has 12 heteroatoms. The predicted octanol–water partition coefficient (Wildman–Crippen LogP) is 1.22. The number of likely N-dealkylation sites (N-methyl/N-ethyl adjacent to an activating group) is 1. The highest BCUT2D eigenvalue weighted by Crippen LogP contribution is 2.26. The number of alkyl carbamates (subject to hydrolysis) is 1. The molecule has 4 atom stereocenters. The molecule has 0 bridgehead atoms. The van der Waals surface area contributed by atoms with Gasteiger partial charge in [0.25, 0.3) is 0 Å². The van der Waals surface area contributed by atoms with E-state index in [1.807, 2.05) is 27.7 Å². The van der Waals surface area contributed by atoms with E-state index in [0.717, 1.165) is 0 Å². The molecule has 1 heterocycles. The van der Waals surface area contributed by atoms with Crippen molar-refractivity contribution in [2.75, 3.05) is 20.2 Å². The monoisotopic (exact) mass is 527 g/mol. The summed E-state index contributed by atoms with van der Waals surface area (Å²) < 4.78 is 5.14. The number of hydrogen-bond acceptors (Lipinski definition) is 7. The predicted molar refractivity (Wildman–Crippen MR) is 136 cm³/mol. The lowest BCUT2D eigenvalue weighted by Gasteiger charge is -2.29. The molecule has 1 aliphatic rings. The van der Waals surface area contributed by atoms with E-state index in [2.05, 4.69) is 21.3 Å². The zero-order valence-electron chi connectivity index (χ0n) is 22.7. The maximum Gasteiger partial charge on any atom is 0.407 e. The van der Waals surface area contributed by atoms with E-state index in [-0.39, 0.29) is 37.2 Å². The molecule has 12 nitrogen and oxygen atoms in total. The average molecular weight is 528 g/mol. The van der Waals surface area contributed by atoms with Gasteiger partial charge in [-0.3, -0.25) is 24.4 Å². The Morgan fingerprint density at radius 3 is 2.32 bits per heavy atom. The van der Waals surface area contributed by atoms with Crippen molar-refractivity contribution in [3.05, 3.63) is 0 Å². The number of rotatable bonds is 8. The Bertz CT molecular complexity index is 775. The number of carbonyl (C=O) groups is 5. The summed E-state index contributed by atoms with van der Waals surface area (Å²) in [5.74, 6) is -3.55. The summed E-state index contributed by atoms with van der Waals surface area (Å²) in [6.45, 7) is 8.09. The molecular weight excluding hydrogens is 482 g/mol. The van der Waals surface area contributed by atoms with Crippen molar-refractivity contribution < 1.29 is 33.9 Å². The van der Waals surface area contributed by atoms with Gasteiger partial charge < -0.3 is 26.0 Å². The van der Waals surface area contributed by atoms with Crippen molar-refractivity contribution in [2.45, 2.75) is 84.7 Å². The Morgan fingerprint density at radius 1 is 1.03 bits per heavy atom. The van der Waals surface area contributed by atoms with Gasteiger partial charge in [-0.25, -0.2) is 10.3 Å². The van der Waals surface area contributed by atoms with Crippen molar-refractivity contribution in [1.82, 2.24) is 26.7 Å². The van der Waals surface area contributed by atoms with Gasteiger partial charge in [0.2, 0.25) is 23.6 Å². The number of amides is 5. The molecular formula is C25H45N5O7. The minimum atomic E-state index is -0.948. The highest BCUT2D eigenvalue weighted by Gasteiger charge is 2.36. The normalized spacial score (nSPS) is 23.0. The second-order valence-electron chi connectivity index (χ2n) is 10.4. The number of ether oxygens (including phenoxy) is 1. The first kappa shape index (κ1) is 32.1. The van der Waals surface area contributed by atoms with Crippen molar-refractivity contribution >= 4 is 29.7 Å². The number of cyclic esters (lactones) is 1. The van der Waals surface area contributed by atoms with Crippen molar-refractivity contribution in [3.8, 4) is 0 Å². The molecule has 1 rings (SSSR count). The highest BCUT2D eigenvalue weighted by atomic mass is 16.5. The Balaban J connectivity index is 3.25. The Morgan fingerprint density at radius 2 is 1.73 bits per heavy atom. The Kier molecular flexibility index (Phi) is 14.6. The standard InChI is InChI=1S/C25H45N5O7/c1-15(2)13-18-17(22(32)30-36)9-8-12-37-25(35)27-11-7-6-10-19(28-21(18)31)24(34)29-20(14-16(3)4)23(33)26-5/h15-20,36H,6-14H2,1-5H3,(H,26,33)(H,27,35)(H,28,31)(H,29,34)(H,30,32)/t17-,18+,19-,20-/m0/s1. The largest absolute Gasteiger partial charge is 0.450 e. The molecule has 0 aliphatic carbocycles. The van der Waals surface area contributed by atoms with Gasteiger partial charge in [0.05, 0.1) is 12.5 Å². The van der Waals surface area contributed by atoms with Crippen molar-refractivity contribution in [3.63, 3.8) is 0 Å². The van der Waals surface area contributed by atoms with E-state index >= 15 is 0 Å². The molecule has 5 amide bonds. The SMILES string of the molecule is CNC(=O)[C@H](CC(C)C)NC(=O)[C@@H]1CCCCNC(=O)OCCC[C@H](C(=O)NO)[C@@H](CC(C)C)C(=O)N1. The fraction of sp³-hybridized carbons (Fsp3) is 0.800. The van der Waals surface area contributed by atoms with Crippen LogP contribution in [-0.2, 0) is 23.9 Å². The van der Waals surface area contributed by atoms with Gasteiger partial charge in [-0.15, -0.1) is 0 Å². The van der Waals surface area contributed by atoms with Crippen LogP contribution >= 0.6 is 0 Å². The molecule has 0 saturated carbocycles. The first-order chi connectivity index (χ1) is 17.5. The molecule has 37 heavy (non-hydrogen) atoms. The molecule has 0 aromatic rings. The molecule has 0 spiro atoms. The van der Waals surface area contributed by atoms with Crippen LogP contribution in [0.4, 0.5) is 4.79 Å². The van der Waals surface area contributed by atoms with E-state index in [4.69, 9.17) is 4.74 Å². The van der Waals surface area contributed by atoms with Crippen molar-refractivity contribution in [2.24, 2.45) is 23.7 Å². The van der Waals surface area contributed by atoms with Gasteiger partial charge in [0, 0.05) is 19.5 Å². The maximum absolute atomic E-state index is 13.5. The fourth-order valence-corrected chi connectivity index (χ4v) is 4.44. The minimum absolute atomic E-state index is 0.0461. The molecule has 1 saturated heterocycles. The van der Waals surface area contributed by atoms with Crippen LogP contribution in [0.2, 0.25) is 0 Å². The minimum Gasteiger partial charge on any atom is -0.450 e. The van der Waals surface area contributed by atoms with E-state index < -0.39 is 47.7 Å². The fourth-order valence-electron chi connectivity index (χ4n) is 4.44. The van der Waals surface area contributed by atoms with Crippen LogP contribution in [0.25, 0.3) is 0 Å². The number of carbonyl (C=O) groups excluding carboxylic acids is 5. The average Bonchev–Trinajstić information content (AvgIpc) is 2.84. The summed E-state index contributed by atoms with van der Waals surface area (Å²) in [6, 6.07) is -1.71. The zero-order chi connectivity index (χ0) is 28.0. The van der Waals surface area contributed by atoms with Gasteiger partial charge in [-0.2, -0.15) is 0 Å². The van der Waals surface area contributed by atoms with Crippen LogP contribution < -0.4 is 26.7 Å². The smallest absolute Gasteiger partial charge is 0.407 e. The van der Waals surface area contributed by atoms with Crippen LogP contribution in [-0.4, -0.2) is 67.2 Å². The molecule has 212 valence electrons. The maximum atomic E-state index is 13.5. The third kappa shape index (κ3) is 11.8. The third-order valence-corrected chi connectivity index (χ3v) is 6.30. The lowest BCUT2D eigenvalue weighted by molar-refractivity contribution is -0.142. The van der Waals surface area contributed by atoms with Crippen LogP contribution in [0.5, 0.6) is 0 Å². The lowest BCUT2D eigenvalue weighted by atomic mass is 9.81. The van der Waals surface area contributed by atoms with Gasteiger partial charge >= 0.3 is 6.09 Å². The van der Waals surface area contributed by atoms with E-state index in [0.29, 0.717) is 38.6 Å². The molecule has 0 radical (unpaired) electrons. The summed E-state index contributed by atoms with van der Waals surface area (Å²) in [7, 11) is 1.49. The topological polar surface area (TPSA) is 175 Å². The van der Waals surface area contributed by atoms with Crippen LogP contribution in [0.1, 0.15) is 72.6 Å². The molecule has 0 aromatic heterocycles.